The van der Waals surface area contributed by atoms with Crippen LogP contribution >= 0.6 is 23.2 Å². The van der Waals surface area contributed by atoms with E-state index in [-0.39, 0.29) is 0 Å². The number of anilines is 2. The summed E-state index contributed by atoms with van der Waals surface area (Å²) in [6.45, 7) is 0. The van der Waals surface area contributed by atoms with Crippen molar-refractivity contribution in [3.05, 3.63) is 88.5 Å². The van der Waals surface area contributed by atoms with E-state index in [0.717, 1.165) is 11.3 Å². The normalized spacial score (nSPS) is 11.3. The van der Waals surface area contributed by atoms with Crippen LogP contribution in [-0.4, -0.2) is 14.1 Å². The zero-order valence-electron chi connectivity index (χ0n) is 16.1. The fraction of sp³-hybridized carbons (Fsp3) is 0.0909. The van der Waals surface area contributed by atoms with Crippen LogP contribution in [0.1, 0.15) is 5.56 Å². The highest BCUT2D eigenvalue weighted by Crippen LogP contribution is 2.38. The van der Waals surface area contributed by atoms with E-state index in [4.69, 9.17) is 39.5 Å². The van der Waals surface area contributed by atoms with Gasteiger partial charge in [0.1, 0.15) is 11.4 Å². The lowest BCUT2D eigenvalue weighted by Crippen LogP contribution is -2.30. The van der Waals surface area contributed by atoms with Crippen molar-refractivity contribution >= 4 is 40.3 Å². The summed E-state index contributed by atoms with van der Waals surface area (Å²) in [6, 6.07) is 20.3. The van der Waals surface area contributed by atoms with E-state index in [0.29, 0.717) is 32.9 Å². The fourth-order valence-corrected chi connectivity index (χ4v) is 3.38. The van der Waals surface area contributed by atoms with Gasteiger partial charge < -0.3 is 15.4 Å². The van der Waals surface area contributed by atoms with Crippen LogP contribution in [0.15, 0.2) is 72.9 Å². The first-order valence-electron chi connectivity index (χ1n) is 8.87. The Morgan fingerprint density at radius 1 is 0.897 bits per heavy atom. The van der Waals surface area contributed by atoms with E-state index in [1.54, 1.807) is 18.2 Å². The molecule has 5 nitrogen and oxygen atoms in total. The monoisotopic (exact) mass is 428 g/mol. The molecule has 0 aromatic heterocycles. The number of hydrogen-bond acceptors (Lipinski definition) is 5. The fourth-order valence-electron chi connectivity index (χ4n) is 2.93. The Labute approximate surface area is 180 Å². The molecule has 7 heteroatoms. The molecule has 0 heterocycles. The lowest BCUT2D eigenvalue weighted by molar-refractivity contribution is 0.483. The number of rotatable bonds is 6. The molecule has 3 rings (SSSR count). The quantitative estimate of drug-likeness (QED) is 0.401. The number of hydrazine groups is 1. The second-order valence-electron chi connectivity index (χ2n) is 6.48. The molecule has 0 radical (unpaired) electrons. The lowest BCUT2D eigenvalue weighted by atomic mass is 10.1. The average molecular weight is 429 g/mol. The third-order valence-corrected chi connectivity index (χ3v) is 4.85. The molecule has 0 fully saturated rings. The maximum absolute atomic E-state index is 6.50. The summed E-state index contributed by atoms with van der Waals surface area (Å²) in [7, 11) is 3.93. The van der Waals surface area contributed by atoms with Gasteiger partial charge in [0, 0.05) is 36.6 Å². The molecular weight excluding hydrogens is 407 g/mol. The molecule has 0 amide bonds. The number of benzene rings is 3. The van der Waals surface area contributed by atoms with Gasteiger partial charge in [0.05, 0.1) is 10.7 Å². The van der Waals surface area contributed by atoms with Crippen molar-refractivity contribution in [3.8, 4) is 11.5 Å². The van der Waals surface area contributed by atoms with Gasteiger partial charge in [0.25, 0.3) is 0 Å². The predicted molar refractivity (Wildman–Crippen MR) is 123 cm³/mol. The van der Waals surface area contributed by atoms with Gasteiger partial charge in [-0.2, -0.15) is 0 Å². The zero-order chi connectivity index (χ0) is 21.0. The van der Waals surface area contributed by atoms with E-state index >= 15 is 0 Å². The van der Waals surface area contributed by atoms with Crippen LogP contribution in [0.4, 0.5) is 11.4 Å². The van der Waals surface area contributed by atoms with E-state index in [9.17, 15) is 0 Å². The van der Waals surface area contributed by atoms with Crippen LogP contribution in [0.3, 0.4) is 0 Å². The number of halogens is 2. The van der Waals surface area contributed by atoms with Gasteiger partial charge in [-0.1, -0.05) is 53.5 Å². The van der Waals surface area contributed by atoms with Crippen LogP contribution in [-0.2, 0) is 0 Å². The van der Waals surface area contributed by atoms with Gasteiger partial charge >= 0.3 is 0 Å². The third-order valence-electron chi connectivity index (χ3n) is 4.32. The molecule has 0 saturated carbocycles. The molecule has 3 aromatic rings. The van der Waals surface area contributed by atoms with Crippen molar-refractivity contribution in [1.29, 1.82) is 0 Å². The van der Waals surface area contributed by atoms with Crippen molar-refractivity contribution in [3.63, 3.8) is 0 Å². The third kappa shape index (κ3) is 4.59. The summed E-state index contributed by atoms with van der Waals surface area (Å²) < 4.78 is 6.03. The van der Waals surface area contributed by atoms with Crippen LogP contribution in [0.2, 0.25) is 10.0 Å². The summed E-state index contributed by atoms with van der Waals surface area (Å²) in [5, 5.41) is 2.44. The summed E-state index contributed by atoms with van der Waals surface area (Å²) in [5.41, 5.74) is 9.11. The minimum Gasteiger partial charge on any atom is -0.454 e. The van der Waals surface area contributed by atoms with Crippen LogP contribution in [0, 0.1) is 0 Å². The molecule has 29 heavy (non-hydrogen) atoms. The van der Waals surface area contributed by atoms with E-state index < -0.39 is 0 Å². The number of nitrogens with zero attached hydrogens (tertiary/aromatic N) is 2. The SMILES string of the molecule is CN(C)c1ccccc1/C(=C/N)N(N)c1ccccc1Oc1ccc(Cl)cc1Cl. The first-order valence-corrected chi connectivity index (χ1v) is 9.63. The molecule has 0 spiro atoms. The maximum Gasteiger partial charge on any atom is 0.152 e. The molecule has 0 aliphatic heterocycles. The molecule has 0 unspecified atom stereocenters. The molecule has 3 aromatic carbocycles. The molecule has 0 aliphatic carbocycles. The van der Waals surface area contributed by atoms with Crippen LogP contribution in [0.5, 0.6) is 11.5 Å². The first-order chi connectivity index (χ1) is 13.9. The van der Waals surface area contributed by atoms with Crippen LogP contribution < -0.4 is 26.2 Å². The van der Waals surface area contributed by atoms with Gasteiger partial charge in [-0.3, -0.25) is 5.01 Å². The molecule has 0 saturated heterocycles. The Hall–Kier alpha value is -2.86. The minimum atomic E-state index is 0.406. The van der Waals surface area contributed by atoms with Crippen molar-refractivity contribution in [2.24, 2.45) is 11.6 Å². The highest BCUT2D eigenvalue weighted by molar-refractivity contribution is 6.35. The van der Waals surface area contributed by atoms with Crippen LogP contribution in [0.25, 0.3) is 5.70 Å². The van der Waals surface area contributed by atoms with E-state index in [1.165, 1.54) is 11.2 Å². The van der Waals surface area contributed by atoms with Gasteiger partial charge in [0.2, 0.25) is 0 Å². The van der Waals surface area contributed by atoms with Crippen molar-refractivity contribution in [1.82, 2.24) is 0 Å². The largest absolute Gasteiger partial charge is 0.454 e. The summed E-state index contributed by atoms with van der Waals surface area (Å²) in [4.78, 5) is 2.00. The average Bonchev–Trinajstić information content (AvgIpc) is 2.71. The second-order valence-corrected chi connectivity index (χ2v) is 7.32. The van der Waals surface area contributed by atoms with Crippen molar-refractivity contribution in [2.75, 3.05) is 24.0 Å². The van der Waals surface area contributed by atoms with E-state index in [1.807, 2.05) is 67.5 Å². The second kappa shape index (κ2) is 9.09. The Morgan fingerprint density at radius 3 is 2.21 bits per heavy atom. The molecular formula is C22H22Cl2N4O. The topological polar surface area (TPSA) is 67.8 Å². The number of nitrogens with two attached hydrogens (primary N) is 2. The summed E-state index contributed by atoms with van der Waals surface area (Å²) in [5.74, 6) is 7.50. The number of hydrogen-bond donors (Lipinski definition) is 2. The summed E-state index contributed by atoms with van der Waals surface area (Å²) >= 11 is 12.2. The van der Waals surface area contributed by atoms with Gasteiger partial charge in [-0.25, -0.2) is 5.84 Å². The summed E-state index contributed by atoms with van der Waals surface area (Å²) in [6.07, 6.45) is 1.48. The Kier molecular flexibility index (Phi) is 6.54. The van der Waals surface area contributed by atoms with Crippen molar-refractivity contribution in [2.45, 2.75) is 0 Å². The molecule has 0 atom stereocenters. The smallest absolute Gasteiger partial charge is 0.152 e. The predicted octanol–water partition coefficient (Wildman–Crippen LogP) is 5.49. The Balaban J connectivity index is 2.00. The Morgan fingerprint density at radius 2 is 1.55 bits per heavy atom. The minimum absolute atomic E-state index is 0.406. The molecule has 4 N–H and O–H groups in total. The number of para-hydroxylation sites is 3. The standard InChI is InChI=1S/C22H22Cl2N4O/c1-27(2)18-8-4-3-7-16(18)20(14-25)28(26)19-9-5-6-10-22(19)29-21-12-11-15(23)13-17(21)24/h3-14H,25-26H2,1-2H3/b20-14-. The molecule has 0 bridgehead atoms. The lowest BCUT2D eigenvalue weighted by Gasteiger charge is -2.27. The molecule has 0 aliphatic rings. The highest BCUT2D eigenvalue weighted by atomic mass is 35.5. The van der Waals surface area contributed by atoms with E-state index in [2.05, 4.69) is 0 Å². The molecule has 150 valence electrons. The van der Waals surface area contributed by atoms with Gasteiger partial charge in [-0.05, 0) is 36.4 Å². The highest BCUT2D eigenvalue weighted by Gasteiger charge is 2.18. The van der Waals surface area contributed by atoms with Gasteiger partial charge in [0.15, 0.2) is 5.75 Å². The number of ether oxygens (including phenoxy) is 1. The Bertz CT molecular complexity index is 1040. The maximum atomic E-state index is 6.50. The zero-order valence-corrected chi connectivity index (χ0v) is 17.7. The van der Waals surface area contributed by atoms with Crippen molar-refractivity contribution < 1.29 is 4.74 Å². The van der Waals surface area contributed by atoms with Gasteiger partial charge in [-0.15, -0.1) is 0 Å². The first kappa shape index (κ1) is 20.9.